The number of fused-ring (bicyclic) bond motifs is 1. The van der Waals surface area contributed by atoms with E-state index in [0.717, 1.165) is 37.6 Å². The molecular weight excluding hydrogens is 242 g/mol. The van der Waals surface area contributed by atoms with E-state index >= 15 is 0 Å². The van der Waals surface area contributed by atoms with Crippen LogP contribution in [-0.2, 0) is 17.8 Å². The van der Waals surface area contributed by atoms with E-state index in [1.807, 2.05) is 20.8 Å². The van der Waals surface area contributed by atoms with Crippen molar-refractivity contribution in [2.24, 2.45) is 0 Å². The van der Waals surface area contributed by atoms with Gasteiger partial charge in [0.2, 0.25) is 5.91 Å². The summed E-state index contributed by atoms with van der Waals surface area (Å²) in [5, 5.41) is 14.6. The third kappa shape index (κ3) is 3.32. The molecule has 2 rings (SSSR count). The SMILES string of the molecule is CCNC(C)CC(=O)NC(C)c1nnc2n1CCC2. The van der Waals surface area contributed by atoms with Crippen molar-refractivity contribution in [2.75, 3.05) is 6.54 Å². The third-order valence-corrected chi connectivity index (χ3v) is 3.45. The molecule has 2 unspecified atom stereocenters. The van der Waals surface area contributed by atoms with Gasteiger partial charge < -0.3 is 15.2 Å². The van der Waals surface area contributed by atoms with Gasteiger partial charge in [0.05, 0.1) is 6.04 Å². The van der Waals surface area contributed by atoms with Gasteiger partial charge in [0.1, 0.15) is 5.82 Å². The molecule has 0 fully saturated rings. The van der Waals surface area contributed by atoms with Gasteiger partial charge >= 0.3 is 0 Å². The van der Waals surface area contributed by atoms with E-state index in [4.69, 9.17) is 0 Å². The Bertz CT molecular complexity index is 442. The maximum Gasteiger partial charge on any atom is 0.222 e. The van der Waals surface area contributed by atoms with Crippen molar-refractivity contribution in [3.8, 4) is 0 Å². The fraction of sp³-hybridized carbons (Fsp3) is 0.769. The molecule has 0 aliphatic carbocycles. The minimum atomic E-state index is -0.0827. The van der Waals surface area contributed by atoms with E-state index in [-0.39, 0.29) is 18.0 Å². The number of carbonyl (C=O) groups is 1. The molecule has 19 heavy (non-hydrogen) atoms. The van der Waals surface area contributed by atoms with Crippen LogP contribution in [0.1, 0.15) is 51.3 Å². The molecule has 2 atom stereocenters. The molecular formula is C13H23N5O. The highest BCUT2D eigenvalue weighted by Crippen LogP contribution is 2.18. The second-order valence-corrected chi connectivity index (χ2v) is 5.18. The van der Waals surface area contributed by atoms with E-state index in [2.05, 4.69) is 25.4 Å². The number of rotatable bonds is 6. The summed E-state index contributed by atoms with van der Waals surface area (Å²) >= 11 is 0. The number of nitrogens with one attached hydrogen (secondary N) is 2. The van der Waals surface area contributed by atoms with Gasteiger partial charge in [-0.1, -0.05) is 6.92 Å². The van der Waals surface area contributed by atoms with E-state index in [1.54, 1.807) is 0 Å². The van der Waals surface area contributed by atoms with Gasteiger partial charge in [-0.3, -0.25) is 4.79 Å². The van der Waals surface area contributed by atoms with E-state index in [1.165, 1.54) is 0 Å². The molecule has 1 aromatic heterocycles. The van der Waals surface area contributed by atoms with Crippen molar-refractivity contribution >= 4 is 5.91 Å². The Hall–Kier alpha value is -1.43. The standard InChI is InChI=1S/C13H23N5O/c1-4-14-9(2)8-12(19)15-10(3)13-17-16-11-6-5-7-18(11)13/h9-10,14H,4-8H2,1-3H3,(H,15,19). The normalized spacial score (nSPS) is 17.0. The number of amides is 1. The van der Waals surface area contributed by atoms with Crippen LogP contribution in [0.15, 0.2) is 0 Å². The van der Waals surface area contributed by atoms with Gasteiger partial charge in [-0.05, 0) is 26.8 Å². The predicted octanol–water partition coefficient (Wildman–Crippen LogP) is 0.790. The van der Waals surface area contributed by atoms with Gasteiger partial charge in [0, 0.05) is 25.4 Å². The second kappa shape index (κ2) is 6.14. The van der Waals surface area contributed by atoms with Crippen molar-refractivity contribution in [1.82, 2.24) is 25.4 Å². The molecule has 1 aliphatic rings. The van der Waals surface area contributed by atoms with Crippen LogP contribution >= 0.6 is 0 Å². The molecule has 0 bridgehead atoms. The van der Waals surface area contributed by atoms with Crippen molar-refractivity contribution in [3.63, 3.8) is 0 Å². The summed E-state index contributed by atoms with van der Waals surface area (Å²) in [4.78, 5) is 11.9. The molecule has 6 nitrogen and oxygen atoms in total. The summed E-state index contributed by atoms with van der Waals surface area (Å²) in [6, 6.07) is 0.113. The average Bonchev–Trinajstić information content (AvgIpc) is 2.89. The Labute approximate surface area is 114 Å². The maximum atomic E-state index is 11.9. The monoisotopic (exact) mass is 265 g/mol. The van der Waals surface area contributed by atoms with Crippen molar-refractivity contribution in [3.05, 3.63) is 11.6 Å². The molecule has 1 aromatic rings. The average molecular weight is 265 g/mol. The minimum absolute atomic E-state index is 0.0521. The zero-order valence-corrected chi connectivity index (χ0v) is 11.9. The topological polar surface area (TPSA) is 71.8 Å². The van der Waals surface area contributed by atoms with E-state index in [9.17, 15) is 4.79 Å². The van der Waals surface area contributed by atoms with E-state index in [0.29, 0.717) is 6.42 Å². The zero-order valence-electron chi connectivity index (χ0n) is 11.9. The molecule has 0 radical (unpaired) electrons. The fourth-order valence-electron chi connectivity index (χ4n) is 2.56. The number of hydrogen-bond acceptors (Lipinski definition) is 4. The van der Waals surface area contributed by atoms with Crippen molar-refractivity contribution in [2.45, 2.75) is 58.7 Å². The van der Waals surface area contributed by atoms with Gasteiger partial charge in [-0.2, -0.15) is 0 Å². The Morgan fingerprint density at radius 3 is 2.95 bits per heavy atom. The molecule has 0 saturated carbocycles. The predicted molar refractivity (Wildman–Crippen MR) is 72.7 cm³/mol. The summed E-state index contributed by atoms with van der Waals surface area (Å²) in [5.74, 6) is 1.96. The number of carbonyl (C=O) groups excluding carboxylic acids is 1. The lowest BCUT2D eigenvalue weighted by Gasteiger charge is -2.16. The van der Waals surface area contributed by atoms with Crippen LogP contribution < -0.4 is 10.6 Å². The summed E-state index contributed by atoms with van der Waals surface area (Å²) < 4.78 is 2.12. The third-order valence-electron chi connectivity index (χ3n) is 3.45. The Balaban J connectivity index is 1.90. The number of hydrogen-bond donors (Lipinski definition) is 2. The highest BCUT2D eigenvalue weighted by Gasteiger charge is 2.22. The number of nitrogens with zero attached hydrogens (tertiary/aromatic N) is 3. The summed E-state index contributed by atoms with van der Waals surface area (Å²) in [6.07, 6.45) is 2.60. The van der Waals surface area contributed by atoms with Crippen LogP contribution in [0, 0.1) is 0 Å². The fourth-order valence-corrected chi connectivity index (χ4v) is 2.56. The molecule has 1 aliphatic heterocycles. The molecule has 6 heteroatoms. The first-order valence-corrected chi connectivity index (χ1v) is 7.06. The summed E-state index contributed by atoms with van der Waals surface area (Å²) in [5.41, 5.74) is 0. The van der Waals surface area contributed by atoms with Crippen LogP contribution in [0.3, 0.4) is 0 Å². The van der Waals surface area contributed by atoms with Crippen molar-refractivity contribution < 1.29 is 4.79 Å². The lowest BCUT2D eigenvalue weighted by atomic mass is 10.2. The lowest BCUT2D eigenvalue weighted by Crippen LogP contribution is -2.35. The molecule has 2 N–H and O–H groups in total. The summed E-state index contributed by atoms with van der Waals surface area (Å²) in [7, 11) is 0. The van der Waals surface area contributed by atoms with Gasteiger partial charge in [-0.25, -0.2) is 0 Å². The van der Waals surface area contributed by atoms with E-state index < -0.39 is 0 Å². The van der Waals surface area contributed by atoms with Crippen LogP contribution in [0.25, 0.3) is 0 Å². The molecule has 106 valence electrons. The van der Waals surface area contributed by atoms with Crippen LogP contribution in [-0.4, -0.2) is 33.3 Å². The molecule has 0 saturated heterocycles. The minimum Gasteiger partial charge on any atom is -0.346 e. The van der Waals surface area contributed by atoms with Crippen LogP contribution in [0.2, 0.25) is 0 Å². The van der Waals surface area contributed by atoms with Crippen LogP contribution in [0.4, 0.5) is 0 Å². The highest BCUT2D eigenvalue weighted by molar-refractivity contribution is 5.76. The molecule has 2 heterocycles. The van der Waals surface area contributed by atoms with Gasteiger partial charge in [0.25, 0.3) is 0 Å². The molecule has 0 spiro atoms. The summed E-state index contributed by atoms with van der Waals surface area (Å²) in [6.45, 7) is 7.86. The Morgan fingerprint density at radius 1 is 1.42 bits per heavy atom. The smallest absolute Gasteiger partial charge is 0.222 e. The van der Waals surface area contributed by atoms with Crippen LogP contribution in [0.5, 0.6) is 0 Å². The van der Waals surface area contributed by atoms with Gasteiger partial charge in [-0.15, -0.1) is 10.2 Å². The first kappa shape index (κ1) is 14.0. The number of aromatic nitrogens is 3. The Kier molecular flexibility index (Phi) is 4.52. The highest BCUT2D eigenvalue weighted by atomic mass is 16.1. The maximum absolute atomic E-state index is 11.9. The largest absolute Gasteiger partial charge is 0.346 e. The van der Waals surface area contributed by atoms with Gasteiger partial charge in [0.15, 0.2) is 5.82 Å². The Morgan fingerprint density at radius 2 is 2.21 bits per heavy atom. The molecule has 1 amide bonds. The number of aryl methyl sites for hydroxylation is 1. The zero-order chi connectivity index (χ0) is 13.8. The lowest BCUT2D eigenvalue weighted by molar-refractivity contribution is -0.122. The first-order chi connectivity index (χ1) is 9.11. The molecule has 0 aromatic carbocycles. The second-order valence-electron chi connectivity index (χ2n) is 5.18. The first-order valence-electron chi connectivity index (χ1n) is 7.06. The quantitative estimate of drug-likeness (QED) is 0.797. The van der Waals surface area contributed by atoms with Crippen molar-refractivity contribution in [1.29, 1.82) is 0 Å².